The van der Waals surface area contributed by atoms with E-state index < -0.39 is 11.7 Å². The fourth-order valence-electron chi connectivity index (χ4n) is 3.38. The van der Waals surface area contributed by atoms with Gasteiger partial charge in [0, 0.05) is 19.3 Å². The first kappa shape index (κ1) is 18.1. The highest BCUT2D eigenvalue weighted by atomic mass is 19.1. The number of aromatic nitrogens is 4. The zero-order valence-corrected chi connectivity index (χ0v) is 15.4. The standard InChI is InChI=1S/C18H19FN6O3/c1-9-5-11(15(20)26)12(19)6-13(9)22-17-21-7-14-16(23-17)25(18(27)24(14)2)10-3-4-28-8-10/h5-7,10H,3-4,8H2,1-2H3,(H2,20,26)(H,21,22,23). The summed E-state index contributed by atoms with van der Waals surface area (Å²) in [7, 11) is 1.66. The lowest BCUT2D eigenvalue weighted by Gasteiger charge is -2.12. The summed E-state index contributed by atoms with van der Waals surface area (Å²) in [4.78, 5) is 32.6. The van der Waals surface area contributed by atoms with Crippen molar-refractivity contribution in [1.82, 2.24) is 19.1 Å². The minimum Gasteiger partial charge on any atom is -0.379 e. The van der Waals surface area contributed by atoms with Crippen molar-refractivity contribution in [3.05, 3.63) is 45.8 Å². The maximum absolute atomic E-state index is 14.1. The number of hydrogen-bond acceptors (Lipinski definition) is 6. The molecule has 0 bridgehead atoms. The van der Waals surface area contributed by atoms with Crippen molar-refractivity contribution in [2.45, 2.75) is 19.4 Å². The third kappa shape index (κ3) is 2.91. The quantitative estimate of drug-likeness (QED) is 0.700. The number of imidazole rings is 1. The normalized spacial score (nSPS) is 16.6. The van der Waals surface area contributed by atoms with E-state index in [1.807, 2.05) is 0 Å². The Kier molecular flexibility index (Phi) is 4.34. The van der Waals surface area contributed by atoms with Crippen molar-refractivity contribution < 1.29 is 13.9 Å². The average Bonchev–Trinajstić information content (AvgIpc) is 3.25. The van der Waals surface area contributed by atoms with Gasteiger partial charge in [-0.1, -0.05) is 0 Å². The lowest BCUT2D eigenvalue weighted by atomic mass is 10.1. The molecule has 1 unspecified atom stereocenters. The van der Waals surface area contributed by atoms with Crippen molar-refractivity contribution in [2.75, 3.05) is 18.5 Å². The van der Waals surface area contributed by atoms with Gasteiger partial charge in [-0.3, -0.25) is 13.9 Å². The number of hydrogen-bond donors (Lipinski definition) is 2. The van der Waals surface area contributed by atoms with E-state index in [1.54, 1.807) is 24.7 Å². The molecule has 1 aliphatic rings. The Morgan fingerprint density at radius 3 is 2.89 bits per heavy atom. The molecular weight excluding hydrogens is 367 g/mol. The number of nitrogens with zero attached hydrogens (tertiary/aromatic N) is 4. The number of benzene rings is 1. The number of amides is 1. The Morgan fingerprint density at radius 2 is 2.21 bits per heavy atom. The van der Waals surface area contributed by atoms with Gasteiger partial charge in [-0.2, -0.15) is 4.98 Å². The molecule has 1 aliphatic heterocycles. The number of ether oxygens (including phenoxy) is 1. The zero-order valence-electron chi connectivity index (χ0n) is 15.4. The van der Waals surface area contributed by atoms with Crippen LogP contribution in [0.1, 0.15) is 28.4 Å². The van der Waals surface area contributed by atoms with Gasteiger partial charge in [0.05, 0.1) is 24.4 Å². The van der Waals surface area contributed by atoms with Crippen molar-refractivity contribution in [2.24, 2.45) is 12.8 Å². The molecule has 3 N–H and O–H groups in total. The largest absolute Gasteiger partial charge is 0.379 e. The number of fused-ring (bicyclic) bond motifs is 1. The Hall–Kier alpha value is -3.27. The minimum absolute atomic E-state index is 0.0898. The van der Waals surface area contributed by atoms with Gasteiger partial charge in [0.15, 0.2) is 5.65 Å². The molecule has 1 fully saturated rings. The first-order valence-electron chi connectivity index (χ1n) is 8.75. The SMILES string of the molecule is Cc1cc(C(N)=O)c(F)cc1Nc1ncc2c(n1)n(C1CCOC1)c(=O)n2C. The van der Waals surface area contributed by atoms with Crippen molar-refractivity contribution in [1.29, 1.82) is 0 Å². The van der Waals surface area contributed by atoms with Crippen LogP contribution in [0, 0.1) is 12.7 Å². The van der Waals surface area contributed by atoms with Gasteiger partial charge in [0.25, 0.3) is 5.91 Å². The van der Waals surface area contributed by atoms with Crippen LogP contribution in [-0.4, -0.2) is 38.2 Å². The van der Waals surface area contributed by atoms with Crippen molar-refractivity contribution in [3.63, 3.8) is 0 Å². The fraction of sp³-hybridized carbons (Fsp3) is 0.333. The molecule has 1 saturated heterocycles. The highest BCUT2D eigenvalue weighted by Gasteiger charge is 2.24. The second-order valence-corrected chi connectivity index (χ2v) is 6.77. The molecule has 0 aliphatic carbocycles. The summed E-state index contributed by atoms with van der Waals surface area (Å²) >= 11 is 0. The summed E-state index contributed by atoms with van der Waals surface area (Å²) in [6.45, 7) is 2.75. The number of nitrogens with two attached hydrogens (primary N) is 1. The highest BCUT2D eigenvalue weighted by molar-refractivity contribution is 5.94. The highest BCUT2D eigenvalue weighted by Crippen LogP contribution is 2.25. The van der Waals surface area contributed by atoms with Crippen LogP contribution in [0.5, 0.6) is 0 Å². The molecule has 28 heavy (non-hydrogen) atoms. The predicted molar refractivity (Wildman–Crippen MR) is 100 cm³/mol. The molecule has 10 heteroatoms. The van der Waals surface area contributed by atoms with E-state index in [0.717, 1.165) is 6.42 Å². The van der Waals surface area contributed by atoms with Crippen LogP contribution >= 0.6 is 0 Å². The molecule has 0 saturated carbocycles. The van der Waals surface area contributed by atoms with Crippen LogP contribution in [0.4, 0.5) is 16.0 Å². The first-order valence-corrected chi connectivity index (χ1v) is 8.75. The first-order chi connectivity index (χ1) is 13.4. The Balaban J connectivity index is 1.76. The van der Waals surface area contributed by atoms with Crippen LogP contribution in [0.3, 0.4) is 0 Å². The minimum atomic E-state index is -0.836. The second-order valence-electron chi connectivity index (χ2n) is 6.77. The molecule has 0 spiro atoms. The smallest absolute Gasteiger partial charge is 0.330 e. The molecule has 1 amide bonds. The molecule has 1 aromatic carbocycles. The maximum atomic E-state index is 14.1. The van der Waals surface area contributed by atoms with Crippen LogP contribution in [0.25, 0.3) is 11.2 Å². The maximum Gasteiger partial charge on any atom is 0.330 e. The molecule has 1 atom stereocenters. The molecule has 0 radical (unpaired) electrons. The molecule has 3 heterocycles. The Bertz CT molecular complexity index is 1150. The van der Waals surface area contributed by atoms with Gasteiger partial charge in [-0.15, -0.1) is 0 Å². The van der Waals surface area contributed by atoms with E-state index in [4.69, 9.17) is 10.5 Å². The molecule has 4 rings (SSSR count). The predicted octanol–water partition coefficient (Wildman–Crippen LogP) is 1.38. The van der Waals surface area contributed by atoms with Gasteiger partial charge < -0.3 is 15.8 Å². The number of halogens is 1. The van der Waals surface area contributed by atoms with E-state index in [1.165, 1.54) is 16.7 Å². The summed E-state index contributed by atoms with van der Waals surface area (Å²) < 4.78 is 22.6. The van der Waals surface area contributed by atoms with Gasteiger partial charge in [0.2, 0.25) is 5.95 Å². The van der Waals surface area contributed by atoms with E-state index in [0.29, 0.717) is 35.6 Å². The van der Waals surface area contributed by atoms with Gasteiger partial charge in [-0.05, 0) is 31.0 Å². The third-order valence-electron chi connectivity index (χ3n) is 4.93. The van der Waals surface area contributed by atoms with Gasteiger partial charge in [-0.25, -0.2) is 14.2 Å². The Morgan fingerprint density at radius 1 is 1.43 bits per heavy atom. The van der Waals surface area contributed by atoms with Gasteiger partial charge >= 0.3 is 5.69 Å². The van der Waals surface area contributed by atoms with Crippen LogP contribution in [0.15, 0.2) is 23.1 Å². The number of aryl methyl sites for hydroxylation is 2. The van der Waals surface area contributed by atoms with Crippen molar-refractivity contribution >= 4 is 28.7 Å². The summed E-state index contributed by atoms with van der Waals surface area (Å²) in [5.41, 5.74) is 6.87. The summed E-state index contributed by atoms with van der Waals surface area (Å²) in [5.74, 6) is -1.36. The zero-order chi connectivity index (χ0) is 20.0. The molecule has 2 aromatic heterocycles. The van der Waals surface area contributed by atoms with Crippen molar-refractivity contribution in [3.8, 4) is 0 Å². The number of carbonyl (C=O) groups is 1. The number of anilines is 2. The molecule has 146 valence electrons. The number of primary amides is 1. The lowest BCUT2D eigenvalue weighted by Crippen LogP contribution is -2.26. The third-order valence-corrected chi connectivity index (χ3v) is 4.93. The lowest BCUT2D eigenvalue weighted by molar-refractivity contribution is 0.0996. The number of rotatable bonds is 4. The second kappa shape index (κ2) is 6.71. The molecule has 3 aromatic rings. The number of carbonyl (C=O) groups excluding carboxylic acids is 1. The van der Waals surface area contributed by atoms with E-state index in [9.17, 15) is 14.0 Å². The number of nitrogens with one attached hydrogen (secondary N) is 1. The fourth-order valence-corrected chi connectivity index (χ4v) is 3.38. The monoisotopic (exact) mass is 386 g/mol. The summed E-state index contributed by atoms with van der Waals surface area (Å²) in [6.07, 6.45) is 2.27. The Labute approximate surface area is 158 Å². The molecular formula is C18H19FN6O3. The van der Waals surface area contributed by atoms with E-state index in [-0.39, 0.29) is 23.2 Å². The molecule has 9 nitrogen and oxygen atoms in total. The van der Waals surface area contributed by atoms with Crippen LogP contribution in [0.2, 0.25) is 0 Å². The van der Waals surface area contributed by atoms with E-state index >= 15 is 0 Å². The summed E-state index contributed by atoms with van der Waals surface area (Å²) in [5, 5.41) is 2.95. The van der Waals surface area contributed by atoms with Crippen LogP contribution < -0.4 is 16.7 Å². The van der Waals surface area contributed by atoms with Crippen LogP contribution in [-0.2, 0) is 11.8 Å². The van der Waals surface area contributed by atoms with E-state index in [2.05, 4.69) is 15.3 Å². The topological polar surface area (TPSA) is 117 Å². The summed E-state index contributed by atoms with van der Waals surface area (Å²) in [6, 6.07) is 2.45. The van der Waals surface area contributed by atoms with Gasteiger partial charge in [0.1, 0.15) is 11.3 Å². The average molecular weight is 386 g/mol.